The Morgan fingerprint density at radius 3 is 2.46 bits per heavy atom. The quantitative estimate of drug-likeness (QED) is 0.754. The van der Waals surface area contributed by atoms with Crippen LogP contribution in [0, 0.1) is 17.8 Å². The molecule has 0 aromatic rings. The fourth-order valence-corrected chi connectivity index (χ4v) is 5.10. The summed E-state index contributed by atoms with van der Waals surface area (Å²) in [6, 6.07) is -1.07. The summed E-state index contributed by atoms with van der Waals surface area (Å²) in [4.78, 5) is 39.3. The van der Waals surface area contributed by atoms with E-state index in [1.807, 2.05) is 0 Å². The van der Waals surface area contributed by atoms with Gasteiger partial charge in [0.15, 0.2) is 0 Å². The molecule has 3 fully saturated rings. The highest BCUT2D eigenvalue weighted by molar-refractivity contribution is 6.10. The fourth-order valence-electron chi connectivity index (χ4n) is 5.10. The zero-order valence-electron chi connectivity index (χ0n) is 16.5. The minimum Gasteiger partial charge on any atom is -0.351 e. The van der Waals surface area contributed by atoms with Crippen LogP contribution in [0.1, 0.15) is 72.6 Å². The highest BCUT2D eigenvalue weighted by Crippen LogP contribution is 2.36. The molecule has 26 heavy (non-hydrogen) atoms. The number of hydrogen-bond donors (Lipinski definition) is 2. The second-order valence-corrected chi connectivity index (χ2v) is 9.01. The highest BCUT2D eigenvalue weighted by Gasteiger charge is 2.54. The third kappa shape index (κ3) is 3.35. The highest BCUT2D eigenvalue weighted by atomic mass is 16.2. The third-order valence-electron chi connectivity index (χ3n) is 6.77. The molecule has 3 rings (SSSR count). The van der Waals surface area contributed by atoms with Crippen molar-refractivity contribution in [1.29, 1.82) is 0 Å². The first kappa shape index (κ1) is 19.2. The number of carbonyl (C=O) groups excluding carboxylic acids is 3. The van der Waals surface area contributed by atoms with E-state index in [0.717, 1.165) is 30.6 Å². The van der Waals surface area contributed by atoms with Gasteiger partial charge in [0.1, 0.15) is 11.6 Å². The summed E-state index contributed by atoms with van der Waals surface area (Å²) >= 11 is 0. The minimum absolute atomic E-state index is 0.120. The van der Waals surface area contributed by atoms with Gasteiger partial charge >= 0.3 is 6.03 Å². The van der Waals surface area contributed by atoms with Crippen LogP contribution in [-0.4, -0.2) is 40.4 Å². The van der Waals surface area contributed by atoms with Gasteiger partial charge in [-0.25, -0.2) is 9.69 Å². The molecule has 6 nitrogen and oxygen atoms in total. The molecule has 1 aliphatic heterocycles. The Labute approximate surface area is 156 Å². The number of hydrogen-bond acceptors (Lipinski definition) is 3. The van der Waals surface area contributed by atoms with Crippen LogP contribution in [0.5, 0.6) is 0 Å². The molecule has 2 aliphatic carbocycles. The van der Waals surface area contributed by atoms with Crippen molar-refractivity contribution in [2.75, 3.05) is 0 Å². The fraction of sp³-hybridized carbons (Fsp3) is 0.850. The van der Waals surface area contributed by atoms with Crippen molar-refractivity contribution < 1.29 is 14.4 Å². The summed E-state index contributed by atoms with van der Waals surface area (Å²) < 4.78 is 0. The predicted molar refractivity (Wildman–Crippen MR) is 99.3 cm³/mol. The van der Waals surface area contributed by atoms with Gasteiger partial charge in [-0.3, -0.25) is 9.59 Å². The van der Waals surface area contributed by atoms with Crippen LogP contribution in [0.3, 0.4) is 0 Å². The van der Waals surface area contributed by atoms with Crippen LogP contribution in [-0.2, 0) is 9.59 Å². The average Bonchev–Trinajstić information content (AvgIpc) is 3.12. The molecule has 4 atom stereocenters. The maximum absolute atomic E-state index is 12.9. The summed E-state index contributed by atoms with van der Waals surface area (Å²) in [6.07, 6.45) is 6.51. The van der Waals surface area contributed by atoms with E-state index in [1.54, 1.807) is 6.92 Å². The summed E-state index contributed by atoms with van der Waals surface area (Å²) in [5.41, 5.74) is -0.758. The zero-order chi connectivity index (χ0) is 19.1. The number of amides is 4. The molecule has 1 spiro atoms. The van der Waals surface area contributed by atoms with Gasteiger partial charge < -0.3 is 10.6 Å². The smallest absolute Gasteiger partial charge is 0.325 e. The van der Waals surface area contributed by atoms with Crippen LogP contribution < -0.4 is 10.6 Å². The van der Waals surface area contributed by atoms with E-state index in [9.17, 15) is 14.4 Å². The molecule has 2 N–H and O–H groups in total. The second-order valence-electron chi connectivity index (χ2n) is 9.01. The van der Waals surface area contributed by atoms with Crippen molar-refractivity contribution in [3.63, 3.8) is 0 Å². The van der Waals surface area contributed by atoms with Crippen molar-refractivity contribution in [1.82, 2.24) is 15.5 Å². The molecular weight excluding hydrogens is 330 g/mol. The number of carbonyl (C=O) groups is 3. The Kier molecular flexibility index (Phi) is 5.31. The van der Waals surface area contributed by atoms with Crippen LogP contribution in [0.2, 0.25) is 0 Å². The molecule has 1 heterocycles. The number of imide groups is 1. The molecule has 1 saturated heterocycles. The van der Waals surface area contributed by atoms with Gasteiger partial charge in [-0.05, 0) is 50.4 Å². The maximum Gasteiger partial charge on any atom is 0.325 e. The van der Waals surface area contributed by atoms with E-state index in [1.165, 1.54) is 6.42 Å². The minimum atomic E-state index is -0.771. The van der Waals surface area contributed by atoms with Crippen LogP contribution in [0.25, 0.3) is 0 Å². The number of rotatable bonds is 4. The van der Waals surface area contributed by atoms with Crippen molar-refractivity contribution in [3.8, 4) is 0 Å². The summed E-state index contributed by atoms with van der Waals surface area (Å²) in [5.74, 6) is 1.10. The standard InChI is InChI=1S/C20H33N3O3/c1-12(2)15-8-7-13(3)11-16(15)21-17(24)14(4)23-18(25)20(22-19(23)26)9-5-6-10-20/h12-16H,5-11H2,1-4H3,(H,21,24)(H,22,26). The summed E-state index contributed by atoms with van der Waals surface area (Å²) in [6.45, 7) is 8.28. The van der Waals surface area contributed by atoms with Crippen molar-refractivity contribution >= 4 is 17.8 Å². The number of urea groups is 1. The zero-order valence-corrected chi connectivity index (χ0v) is 16.5. The largest absolute Gasteiger partial charge is 0.351 e. The molecule has 6 heteroatoms. The third-order valence-corrected chi connectivity index (χ3v) is 6.77. The summed E-state index contributed by atoms with van der Waals surface area (Å²) in [7, 11) is 0. The van der Waals surface area contributed by atoms with Crippen molar-refractivity contribution in [2.24, 2.45) is 17.8 Å². The maximum atomic E-state index is 12.9. The van der Waals surface area contributed by atoms with E-state index in [4.69, 9.17) is 0 Å². The molecule has 146 valence electrons. The molecule has 2 saturated carbocycles. The first-order chi connectivity index (χ1) is 12.2. The van der Waals surface area contributed by atoms with Gasteiger partial charge in [-0.1, -0.05) is 40.0 Å². The van der Waals surface area contributed by atoms with Gasteiger partial charge in [0.05, 0.1) is 0 Å². The van der Waals surface area contributed by atoms with Crippen LogP contribution >= 0.6 is 0 Å². The van der Waals surface area contributed by atoms with Gasteiger partial charge in [0.25, 0.3) is 5.91 Å². The van der Waals surface area contributed by atoms with Gasteiger partial charge in [0, 0.05) is 6.04 Å². The Morgan fingerprint density at radius 1 is 1.19 bits per heavy atom. The molecule has 4 unspecified atom stereocenters. The summed E-state index contributed by atoms with van der Waals surface area (Å²) in [5, 5.41) is 6.02. The Balaban J connectivity index is 1.69. The monoisotopic (exact) mass is 363 g/mol. The number of nitrogens with zero attached hydrogens (tertiary/aromatic N) is 1. The lowest BCUT2D eigenvalue weighted by atomic mass is 9.74. The predicted octanol–water partition coefficient (Wildman–Crippen LogP) is 2.82. The first-order valence-corrected chi connectivity index (χ1v) is 10.2. The molecule has 4 amide bonds. The topological polar surface area (TPSA) is 78.5 Å². The van der Waals surface area contributed by atoms with E-state index >= 15 is 0 Å². The van der Waals surface area contributed by atoms with Crippen molar-refractivity contribution in [3.05, 3.63) is 0 Å². The van der Waals surface area contributed by atoms with Gasteiger partial charge in [-0.2, -0.15) is 0 Å². The first-order valence-electron chi connectivity index (χ1n) is 10.2. The molecule has 0 aromatic heterocycles. The molecular formula is C20H33N3O3. The van der Waals surface area contributed by atoms with E-state index < -0.39 is 17.6 Å². The van der Waals surface area contributed by atoms with Crippen LogP contribution in [0.4, 0.5) is 4.79 Å². The van der Waals surface area contributed by atoms with Crippen molar-refractivity contribution in [2.45, 2.75) is 90.3 Å². The lowest BCUT2D eigenvalue weighted by molar-refractivity contribution is -0.138. The van der Waals surface area contributed by atoms with E-state index in [2.05, 4.69) is 31.4 Å². The lowest BCUT2D eigenvalue weighted by Crippen LogP contribution is -2.54. The molecule has 0 radical (unpaired) electrons. The van der Waals surface area contributed by atoms with E-state index in [0.29, 0.717) is 30.6 Å². The Bertz CT molecular complexity index is 583. The van der Waals surface area contributed by atoms with Gasteiger partial charge in [0.2, 0.25) is 5.91 Å². The Morgan fingerprint density at radius 2 is 1.85 bits per heavy atom. The lowest BCUT2D eigenvalue weighted by Gasteiger charge is -2.38. The van der Waals surface area contributed by atoms with Crippen LogP contribution in [0.15, 0.2) is 0 Å². The molecule has 0 bridgehead atoms. The normalized spacial score (nSPS) is 32.2. The number of nitrogens with one attached hydrogen (secondary N) is 2. The van der Waals surface area contributed by atoms with E-state index in [-0.39, 0.29) is 17.9 Å². The average molecular weight is 364 g/mol. The second kappa shape index (κ2) is 7.20. The SMILES string of the molecule is CC1CCC(C(C)C)C(NC(=O)C(C)N2C(=O)NC3(CCCC3)C2=O)C1. The molecule has 3 aliphatic rings. The Hall–Kier alpha value is -1.59. The molecule has 0 aromatic carbocycles. The van der Waals surface area contributed by atoms with Gasteiger partial charge in [-0.15, -0.1) is 0 Å².